The second-order valence-corrected chi connectivity index (χ2v) is 7.08. The molecule has 4 rings (SSSR count). The molecule has 0 radical (unpaired) electrons. The van der Waals surface area contributed by atoms with Crippen molar-refractivity contribution < 1.29 is 9.18 Å². The first-order valence-electron chi connectivity index (χ1n) is 8.57. The summed E-state index contributed by atoms with van der Waals surface area (Å²) in [7, 11) is 1.62. The summed E-state index contributed by atoms with van der Waals surface area (Å²) in [6, 6.07) is 10.7. The number of rotatable bonds is 4. The second kappa shape index (κ2) is 6.36. The lowest BCUT2D eigenvalue weighted by atomic mass is 9.94. The quantitative estimate of drug-likeness (QED) is 0.629. The molecule has 1 fully saturated rings. The SMILES string of the molecule is Cn1c(CC=O)c(-c2ccc(C3CC3)c(F)c2Cl)c2ccccc2c1=O. The summed E-state index contributed by atoms with van der Waals surface area (Å²) in [6.45, 7) is 0. The second-order valence-electron chi connectivity index (χ2n) is 6.71. The van der Waals surface area contributed by atoms with E-state index in [1.807, 2.05) is 12.1 Å². The summed E-state index contributed by atoms with van der Waals surface area (Å²) in [4.78, 5) is 23.9. The van der Waals surface area contributed by atoms with E-state index in [4.69, 9.17) is 11.6 Å². The first-order chi connectivity index (χ1) is 12.5. The highest BCUT2D eigenvalue weighted by Crippen LogP contribution is 2.45. The third-order valence-electron chi connectivity index (χ3n) is 5.10. The van der Waals surface area contributed by atoms with E-state index in [9.17, 15) is 14.0 Å². The van der Waals surface area contributed by atoms with Gasteiger partial charge in [-0.05, 0) is 35.8 Å². The van der Waals surface area contributed by atoms with Crippen molar-refractivity contribution in [1.82, 2.24) is 4.57 Å². The Bertz CT molecular complexity index is 1100. The fourth-order valence-corrected chi connectivity index (χ4v) is 3.87. The van der Waals surface area contributed by atoms with E-state index in [-0.39, 0.29) is 22.9 Å². The van der Waals surface area contributed by atoms with Crippen LogP contribution in [0.4, 0.5) is 4.39 Å². The van der Waals surface area contributed by atoms with Gasteiger partial charge in [0.2, 0.25) is 0 Å². The van der Waals surface area contributed by atoms with Crippen molar-refractivity contribution in [3.05, 3.63) is 68.8 Å². The van der Waals surface area contributed by atoms with E-state index in [0.717, 1.165) is 19.1 Å². The van der Waals surface area contributed by atoms with Gasteiger partial charge in [0, 0.05) is 35.7 Å². The van der Waals surface area contributed by atoms with Crippen LogP contribution in [0.25, 0.3) is 21.9 Å². The highest BCUT2D eigenvalue weighted by Gasteiger charge is 2.29. The van der Waals surface area contributed by atoms with Crippen LogP contribution in [0.3, 0.4) is 0 Å². The Kier molecular flexibility index (Phi) is 4.16. The summed E-state index contributed by atoms with van der Waals surface area (Å²) in [5.74, 6) is -0.158. The molecule has 1 heterocycles. The van der Waals surface area contributed by atoms with Crippen LogP contribution in [-0.4, -0.2) is 10.9 Å². The van der Waals surface area contributed by atoms with Crippen molar-refractivity contribution in [1.29, 1.82) is 0 Å². The van der Waals surface area contributed by atoms with Gasteiger partial charge in [-0.15, -0.1) is 0 Å². The molecular weight excluding hydrogens is 353 g/mol. The molecule has 0 spiro atoms. The summed E-state index contributed by atoms with van der Waals surface area (Å²) >= 11 is 6.42. The lowest BCUT2D eigenvalue weighted by Crippen LogP contribution is -2.22. The first-order valence-corrected chi connectivity index (χ1v) is 8.95. The normalized spacial score (nSPS) is 14.0. The molecule has 1 aromatic heterocycles. The molecule has 2 aromatic carbocycles. The van der Waals surface area contributed by atoms with Crippen LogP contribution in [0.2, 0.25) is 5.02 Å². The van der Waals surface area contributed by atoms with Crippen molar-refractivity contribution in [2.24, 2.45) is 7.05 Å². The summed E-state index contributed by atoms with van der Waals surface area (Å²) in [5, 5.41) is 1.24. The predicted molar refractivity (Wildman–Crippen MR) is 101 cm³/mol. The molecule has 0 unspecified atom stereocenters. The van der Waals surface area contributed by atoms with Crippen LogP contribution < -0.4 is 5.56 Å². The van der Waals surface area contributed by atoms with Gasteiger partial charge in [0.05, 0.1) is 5.02 Å². The maximum Gasteiger partial charge on any atom is 0.258 e. The van der Waals surface area contributed by atoms with Gasteiger partial charge in [0.15, 0.2) is 0 Å². The lowest BCUT2D eigenvalue weighted by Gasteiger charge is -2.18. The smallest absolute Gasteiger partial charge is 0.258 e. The molecule has 0 saturated heterocycles. The van der Waals surface area contributed by atoms with Crippen LogP contribution in [0.15, 0.2) is 41.2 Å². The summed E-state index contributed by atoms with van der Waals surface area (Å²) in [6.07, 6.45) is 2.75. The maximum atomic E-state index is 14.9. The number of hydrogen-bond donors (Lipinski definition) is 0. The number of nitrogens with zero attached hydrogens (tertiary/aromatic N) is 1. The molecule has 1 saturated carbocycles. The topological polar surface area (TPSA) is 39.1 Å². The molecule has 26 heavy (non-hydrogen) atoms. The highest BCUT2D eigenvalue weighted by molar-refractivity contribution is 6.34. The zero-order chi connectivity index (χ0) is 18.4. The Morgan fingerprint density at radius 3 is 2.54 bits per heavy atom. The summed E-state index contributed by atoms with van der Waals surface area (Å²) < 4.78 is 16.3. The van der Waals surface area contributed by atoms with Crippen molar-refractivity contribution in [3.63, 3.8) is 0 Å². The van der Waals surface area contributed by atoms with Crippen molar-refractivity contribution in [2.45, 2.75) is 25.2 Å². The van der Waals surface area contributed by atoms with E-state index in [1.165, 1.54) is 4.57 Å². The van der Waals surface area contributed by atoms with Crippen molar-refractivity contribution in [2.75, 3.05) is 0 Å². The van der Waals surface area contributed by atoms with Gasteiger partial charge in [-0.3, -0.25) is 4.79 Å². The number of carbonyl (C=O) groups is 1. The molecule has 132 valence electrons. The largest absolute Gasteiger partial charge is 0.314 e. The molecule has 5 heteroatoms. The van der Waals surface area contributed by atoms with Crippen LogP contribution >= 0.6 is 11.6 Å². The molecule has 1 aliphatic rings. The third-order valence-corrected chi connectivity index (χ3v) is 5.47. The predicted octanol–water partition coefficient (Wildman–Crippen LogP) is 4.62. The fourth-order valence-electron chi connectivity index (χ4n) is 3.60. The molecule has 0 N–H and O–H groups in total. The third kappa shape index (κ3) is 2.56. The van der Waals surface area contributed by atoms with E-state index >= 15 is 0 Å². The van der Waals surface area contributed by atoms with Gasteiger partial charge < -0.3 is 9.36 Å². The van der Waals surface area contributed by atoms with E-state index < -0.39 is 5.82 Å². The van der Waals surface area contributed by atoms with Gasteiger partial charge in [-0.1, -0.05) is 41.9 Å². The minimum Gasteiger partial charge on any atom is -0.314 e. The number of carbonyl (C=O) groups excluding carboxylic acids is 1. The fraction of sp³-hybridized carbons (Fsp3) is 0.238. The van der Waals surface area contributed by atoms with Gasteiger partial charge in [-0.2, -0.15) is 0 Å². The van der Waals surface area contributed by atoms with Crippen LogP contribution in [0.1, 0.15) is 30.0 Å². The van der Waals surface area contributed by atoms with E-state index in [1.54, 1.807) is 31.3 Å². The zero-order valence-corrected chi connectivity index (χ0v) is 15.0. The number of aldehydes is 1. The van der Waals surface area contributed by atoms with Crippen molar-refractivity contribution >= 4 is 28.7 Å². The average Bonchev–Trinajstić information content (AvgIpc) is 3.48. The maximum absolute atomic E-state index is 14.9. The molecule has 0 atom stereocenters. The Labute approximate surface area is 155 Å². The van der Waals surface area contributed by atoms with E-state index in [2.05, 4.69) is 0 Å². The highest BCUT2D eigenvalue weighted by atomic mass is 35.5. The van der Waals surface area contributed by atoms with Crippen LogP contribution in [-0.2, 0) is 18.3 Å². The first kappa shape index (κ1) is 17.0. The lowest BCUT2D eigenvalue weighted by molar-refractivity contribution is -0.107. The molecule has 1 aliphatic carbocycles. The Morgan fingerprint density at radius 1 is 1.19 bits per heavy atom. The Morgan fingerprint density at radius 2 is 1.88 bits per heavy atom. The number of benzene rings is 2. The Hall–Kier alpha value is -2.46. The monoisotopic (exact) mass is 369 g/mol. The van der Waals surface area contributed by atoms with Crippen molar-refractivity contribution in [3.8, 4) is 11.1 Å². The van der Waals surface area contributed by atoms with Gasteiger partial charge in [-0.25, -0.2) is 4.39 Å². The minimum atomic E-state index is -0.401. The average molecular weight is 370 g/mol. The standard InChI is InChI=1S/C21H17ClFNO2/c1-24-17(10-11-25)18(14-4-2-3-5-15(14)21(24)26)16-9-8-13(12-6-7-12)20(23)19(16)22/h2-5,8-9,11-12H,6-7,10H2,1H3. The number of pyridine rings is 1. The van der Waals surface area contributed by atoms with E-state index in [0.29, 0.717) is 33.2 Å². The molecule has 0 aliphatic heterocycles. The number of fused-ring (bicyclic) bond motifs is 1. The van der Waals surface area contributed by atoms with Gasteiger partial charge in [0.25, 0.3) is 5.56 Å². The molecule has 0 amide bonds. The summed E-state index contributed by atoms with van der Waals surface area (Å²) in [5.41, 5.74) is 2.14. The zero-order valence-electron chi connectivity index (χ0n) is 14.3. The van der Waals surface area contributed by atoms with Crippen LogP contribution in [0, 0.1) is 5.82 Å². The molecule has 0 bridgehead atoms. The molecule has 3 aromatic rings. The minimum absolute atomic E-state index is 0.0466. The number of hydrogen-bond acceptors (Lipinski definition) is 2. The Balaban J connectivity index is 2.09. The number of aromatic nitrogens is 1. The molecule has 3 nitrogen and oxygen atoms in total. The van der Waals surface area contributed by atoms with Gasteiger partial charge in [0.1, 0.15) is 12.1 Å². The van der Waals surface area contributed by atoms with Crippen LogP contribution in [0.5, 0.6) is 0 Å². The van der Waals surface area contributed by atoms with Gasteiger partial charge >= 0.3 is 0 Å². The number of halogens is 2. The molecular formula is C21H17ClFNO2.